The van der Waals surface area contributed by atoms with Gasteiger partial charge in [-0.3, -0.25) is 4.79 Å². The summed E-state index contributed by atoms with van der Waals surface area (Å²) in [7, 11) is 0. The summed E-state index contributed by atoms with van der Waals surface area (Å²) < 4.78 is 0. The third-order valence-corrected chi connectivity index (χ3v) is 3.80. The van der Waals surface area contributed by atoms with E-state index in [0.29, 0.717) is 5.41 Å². The molecule has 1 amide bonds. The molecule has 0 spiro atoms. The van der Waals surface area contributed by atoms with Crippen LogP contribution in [0.2, 0.25) is 0 Å². The van der Waals surface area contributed by atoms with Crippen LogP contribution >= 0.6 is 0 Å². The molecule has 1 saturated heterocycles. The van der Waals surface area contributed by atoms with Crippen molar-refractivity contribution in [3.05, 3.63) is 0 Å². The Morgan fingerprint density at radius 2 is 1.83 bits per heavy atom. The number of rotatable bonds is 3. The van der Waals surface area contributed by atoms with E-state index in [4.69, 9.17) is 10.9 Å². The predicted molar refractivity (Wildman–Crippen MR) is 71.3 cm³/mol. The van der Waals surface area contributed by atoms with E-state index in [1.54, 1.807) is 0 Å². The third kappa shape index (κ3) is 3.37. The summed E-state index contributed by atoms with van der Waals surface area (Å²) in [5.41, 5.74) is 5.94. The first-order valence-electron chi connectivity index (χ1n) is 6.54. The molecular formula is C13H25N3O2. The number of oxime groups is 1. The topological polar surface area (TPSA) is 78.9 Å². The van der Waals surface area contributed by atoms with Crippen LogP contribution in [0, 0.1) is 17.3 Å². The molecule has 3 N–H and O–H groups in total. The quantitative estimate of drug-likeness (QED) is 0.348. The molecule has 0 aromatic rings. The van der Waals surface area contributed by atoms with Gasteiger partial charge in [0.1, 0.15) is 5.92 Å². The smallest absolute Gasteiger partial charge is 0.233 e. The van der Waals surface area contributed by atoms with Gasteiger partial charge < -0.3 is 15.8 Å². The number of nitrogens with two attached hydrogens (primary N) is 1. The van der Waals surface area contributed by atoms with E-state index in [9.17, 15) is 4.79 Å². The molecule has 1 aliphatic heterocycles. The van der Waals surface area contributed by atoms with Crippen LogP contribution in [0.5, 0.6) is 0 Å². The molecule has 104 valence electrons. The van der Waals surface area contributed by atoms with Crippen LogP contribution < -0.4 is 5.73 Å². The molecule has 5 heteroatoms. The zero-order valence-electron chi connectivity index (χ0n) is 11.8. The summed E-state index contributed by atoms with van der Waals surface area (Å²) in [6.45, 7) is 9.78. The van der Waals surface area contributed by atoms with Crippen molar-refractivity contribution in [2.24, 2.45) is 28.1 Å². The molecule has 1 heterocycles. The number of nitrogens with zero attached hydrogens (tertiary/aromatic N) is 2. The number of hydrogen-bond donors (Lipinski definition) is 2. The molecule has 1 atom stereocenters. The molecule has 5 nitrogen and oxygen atoms in total. The van der Waals surface area contributed by atoms with Crippen LogP contribution in [-0.4, -0.2) is 34.9 Å². The van der Waals surface area contributed by atoms with Crippen LogP contribution in [0.4, 0.5) is 0 Å². The summed E-state index contributed by atoms with van der Waals surface area (Å²) in [4.78, 5) is 14.2. The number of carbonyl (C=O) groups is 1. The molecule has 1 aliphatic rings. The molecule has 0 aromatic carbocycles. The Kier molecular flexibility index (Phi) is 4.59. The van der Waals surface area contributed by atoms with E-state index in [0.717, 1.165) is 25.9 Å². The summed E-state index contributed by atoms with van der Waals surface area (Å²) in [6, 6.07) is 0. The van der Waals surface area contributed by atoms with Gasteiger partial charge in [-0.1, -0.05) is 32.9 Å². The highest BCUT2D eigenvalue weighted by Gasteiger charge is 2.34. The van der Waals surface area contributed by atoms with E-state index in [1.807, 2.05) is 18.7 Å². The van der Waals surface area contributed by atoms with Crippen LogP contribution in [0.3, 0.4) is 0 Å². The van der Waals surface area contributed by atoms with Crippen molar-refractivity contribution in [3.8, 4) is 0 Å². The van der Waals surface area contributed by atoms with Crippen molar-refractivity contribution in [1.29, 1.82) is 0 Å². The minimum atomic E-state index is -0.517. The Balaban J connectivity index is 2.74. The van der Waals surface area contributed by atoms with Gasteiger partial charge in [-0.2, -0.15) is 0 Å². The molecule has 1 rings (SSSR count). The van der Waals surface area contributed by atoms with Crippen molar-refractivity contribution in [2.75, 3.05) is 13.1 Å². The Bertz CT molecular complexity index is 327. The van der Waals surface area contributed by atoms with Crippen LogP contribution in [0.15, 0.2) is 5.16 Å². The summed E-state index contributed by atoms with van der Waals surface area (Å²) in [6.07, 6.45) is 2.00. The van der Waals surface area contributed by atoms with E-state index in [2.05, 4.69) is 19.0 Å². The monoisotopic (exact) mass is 255 g/mol. The predicted octanol–water partition coefficient (Wildman–Crippen LogP) is 1.65. The fourth-order valence-electron chi connectivity index (χ4n) is 2.34. The maximum absolute atomic E-state index is 12.4. The van der Waals surface area contributed by atoms with Crippen molar-refractivity contribution in [1.82, 2.24) is 4.90 Å². The Hall–Kier alpha value is -1.26. The molecule has 1 unspecified atom stereocenters. The molecule has 1 fully saturated rings. The first-order chi connectivity index (χ1) is 8.28. The van der Waals surface area contributed by atoms with E-state index in [1.165, 1.54) is 0 Å². The maximum atomic E-state index is 12.4. The Morgan fingerprint density at radius 3 is 2.22 bits per heavy atom. The lowest BCUT2D eigenvalue weighted by molar-refractivity contribution is -0.136. The van der Waals surface area contributed by atoms with Gasteiger partial charge in [-0.25, -0.2) is 0 Å². The first-order valence-corrected chi connectivity index (χ1v) is 6.54. The van der Waals surface area contributed by atoms with Crippen molar-refractivity contribution < 1.29 is 10.0 Å². The van der Waals surface area contributed by atoms with Gasteiger partial charge in [0.2, 0.25) is 5.91 Å². The van der Waals surface area contributed by atoms with Gasteiger partial charge in [0.05, 0.1) is 0 Å². The van der Waals surface area contributed by atoms with Crippen LogP contribution in [0.25, 0.3) is 0 Å². The average molecular weight is 255 g/mol. The largest absolute Gasteiger partial charge is 0.409 e. The second kappa shape index (κ2) is 5.59. The summed E-state index contributed by atoms with van der Waals surface area (Å²) in [5, 5.41) is 11.8. The molecule has 0 aromatic heterocycles. The SMILES string of the molecule is CC(C)C(C(=O)N1CCC(C)(C)CC1)C(N)=NO. The minimum absolute atomic E-state index is 0.0137. The second-order valence-corrected chi connectivity index (χ2v) is 6.24. The number of carbonyl (C=O) groups excluding carboxylic acids is 1. The highest BCUT2D eigenvalue weighted by molar-refractivity contribution is 6.02. The van der Waals surface area contributed by atoms with Crippen LogP contribution in [-0.2, 0) is 4.79 Å². The lowest BCUT2D eigenvalue weighted by Gasteiger charge is -2.38. The minimum Gasteiger partial charge on any atom is -0.409 e. The molecular weight excluding hydrogens is 230 g/mol. The van der Waals surface area contributed by atoms with Gasteiger partial charge >= 0.3 is 0 Å². The number of piperidine rings is 1. The highest BCUT2D eigenvalue weighted by atomic mass is 16.4. The molecule has 0 saturated carbocycles. The van der Waals surface area contributed by atoms with Gasteiger partial charge in [0.25, 0.3) is 0 Å². The zero-order chi connectivity index (χ0) is 13.9. The molecule has 0 radical (unpaired) electrons. The third-order valence-electron chi connectivity index (χ3n) is 3.80. The summed E-state index contributed by atoms with van der Waals surface area (Å²) >= 11 is 0. The fraction of sp³-hybridized carbons (Fsp3) is 0.846. The normalized spacial score (nSPS) is 22.1. The van der Waals surface area contributed by atoms with Crippen molar-refractivity contribution >= 4 is 11.7 Å². The first kappa shape index (κ1) is 14.8. The average Bonchev–Trinajstić information content (AvgIpc) is 2.28. The Morgan fingerprint density at radius 1 is 1.33 bits per heavy atom. The summed E-state index contributed by atoms with van der Waals surface area (Å²) in [5.74, 6) is -0.491. The molecule has 18 heavy (non-hydrogen) atoms. The van der Waals surface area contributed by atoms with Crippen molar-refractivity contribution in [2.45, 2.75) is 40.5 Å². The van der Waals surface area contributed by atoms with Gasteiger partial charge in [-0.15, -0.1) is 0 Å². The van der Waals surface area contributed by atoms with Crippen LogP contribution in [0.1, 0.15) is 40.5 Å². The zero-order valence-corrected chi connectivity index (χ0v) is 11.8. The number of hydrogen-bond acceptors (Lipinski definition) is 3. The number of amidine groups is 1. The lowest BCUT2D eigenvalue weighted by atomic mass is 9.82. The Labute approximate surface area is 109 Å². The molecule has 0 aliphatic carbocycles. The van der Waals surface area contributed by atoms with E-state index >= 15 is 0 Å². The second-order valence-electron chi connectivity index (χ2n) is 6.24. The van der Waals surface area contributed by atoms with Gasteiger partial charge in [0, 0.05) is 13.1 Å². The standard InChI is InChI=1S/C13H25N3O2/c1-9(2)10(11(14)15-18)12(17)16-7-5-13(3,4)6-8-16/h9-10,18H,5-8H2,1-4H3,(H2,14,15). The van der Waals surface area contributed by atoms with Gasteiger partial charge in [-0.05, 0) is 24.2 Å². The maximum Gasteiger partial charge on any atom is 0.233 e. The van der Waals surface area contributed by atoms with Gasteiger partial charge in [0.15, 0.2) is 5.84 Å². The molecule has 0 bridgehead atoms. The van der Waals surface area contributed by atoms with E-state index < -0.39 is 5.92 Å². The highest BCUT2D eigenvalue weighted by Crippen LogP contribution is 2.30. The number of likely N-dealkylation sites (tertiary alicyclic amines) is 1. The fourth-order valence-corrected chi connectivity index (χ4v) is 2.34. The number of amides is 1. The lowest BCUT2D eigenvalue weighted by Crippen LogP contribution is -2.48. The van der Waals surface area contributed by atoms with E-state index in [-0.39, 0.29) is 17.7 Å². The van der Waals surface area contributed by atoms with Crippen molar-refractivity contribution in [3.63, 3.8) is 0 Å².